The number of aromatic nitrogens is 1. The Morgan fingerprint density at radius 1 is 1.04 bits per heavy atom. The number of anilines is 1. The van der Waals surface area contributed by atoms with Crippen molar-refractivity contribution in [3.63, 3.8) is 0 Å². The van der Waals surface area contributed by atoms with Crippen LogP contribution in [0.15, 0.2) is 69.9 Å². The van der Waals surface area contributed by atoms with Gasteiger partial charge in [-0.1, -0.05) is 52.3 Å². The predicted molar refractivity (Wildman–Crippen MR) is 108 cm³/mol. The molecule has 1 heterocycles. The van der Waals surface area contributed by atoms with E-state index in [1.165, 1.54) is 6.07 Å². The Morgan fingerprint density at radius 3 is 2.46 bits per heavy atom. The van der Waals surface area contributed by atoms with Gasteiger partial charge in [0.25, 0.3) is 5.91 Å². The minimum absolute atomic E-state index is 0.173. The number of halogens is 1. The zero-order valence-electron chi connectivity index (χ0n) is 14.6. The van der Waals surface area contributed by atoms with E-state index in [4.69, 9.17) is 0 Å². The third-order valence-corrected chi connectivity index (χ3v) is 4.77. The van der Waals surface area contributed by atoms with Gasteiger partial charge < -0.3 is 9.88 Å². The maximum atomic E-state index is 12.7. The van der Waals surface area contributed by atoms with Crippen molar-refractivity contribution in [2.24, 2.45) is 0 Å². The number of nitrogens with zero attached hydrogens (tertiary/aromatic N) is 1. The van der Waals surface area contributed by atoms with Gasteiger partial charge in [-0.25, -0.2) is 0 Å². The van der Waals surface area contributed by atoms with Crippen LogP contribution in [-0.4, -0.2) is 10.5 Å². The zero-order chi connectivity index (χ0) is 18.7. The van der Waals surface area contributed by atoms with Gasteiger partial charge in [-0.05, 0) is 37.6 Å². The molecule has 0 atom stereocenters. The van der Waals surface area contributed by atoms with Crippen LogP contribution in [0.2, 0.25) is 0 Å². The van der Waals surface area contributed by atoms with Gasteiger partial charge in [0.2, 0.25) is 0 Å². The number of aryl methyl sites for hydroxylation is 1. The molecule has 0 aliphatic rings. The SMILES string of the molecule is Cc1cc(=O)c(C(=O)Nc2cccc(Br)c2)c(C)n1Cc1ccccc1. The first-order valence-corrected chi connectivity index (χ1v) is 9.07. The number of hydrogen-bond acceptors (Lipinski definition) is 2. The second-order valence-corrected chi connectivity index (χ2v) is 7.06. The molecule has 1 aromatic heterocycles. The maximum Gasteiger partial charge on any atom is 0.261 e. The summed E-state index contributed by atoms with van der Waals surface area (Å²) in [6.07, 6.45) is 0. The number of carbonyl (C=O) groups excluding carboxylic acids is 1. The Morgan fingerprint density at radius 2 is 1.77 bits per heavy atom. The van der Waals surface area contributed by atoms with Crippen LogP contribution in [0.5, 0.6) is 0 Å². The standard InChI is InChI=1S/C21H19BrN2O2/c1-14-11-19(25)20(21(26)23-18-10-6-9-17(22)12-18)15(2)24(14)13-16-7-4-3-5-8-16/h3-12H,13H2,1-2H3,(H,23,26). The fourth-order valence-electron chi connectivity index (χ4n) is 2.96. The topological polar surface area (TPSA) is 51.1 Å². The van der Waals surface area contributed by atoms with E-state index < -0.39 is 5.91 Å². The summed E-state index contributed by atoms with van der Waals surface area (Å²) in [7, 11) is 0. The molecule has 0 radical (unpaired) electrons. The van der Waals surface area contributed by atoms with Crippen LogP contribution in [-0.2, 0) is 6.54 Å². The highest BCUT2D eigenvalue weighted by molar-refractivity contribution is 9.10. The number of carbonyl (C=O) groups is 1. The van der Waals surface area contributed by atoms with Crippen LogP contribution in [0.1, 0.15) is 27.3 Å². The zero-order valence-corrected chi connectivity index (χ0v) is 16.2. The molecule has 4 nitrogen and oxygen atoms in total. The highest BCUT2D eigenvalue weighted by atomic mass is 79.9. The molecule has 1 amide bonds. The third-order valence-electron chi connectivity index (χ3n) is 4.27. The van der Waals surface area contributed by atoms with Crippen LogP contribution in [0, 0.1) is 13.8 Å². The first kappa shape index (κ1) is 18.1. The fourth-order valence-corrected chi connectivity index (χ4v) is 3.36. The lowest BCUT2D eigenvalue weighted by Gasteiger charge is -2.17. The molecule has 132 valence electrons. The molecule has 3 aromatic rings. The molecule has 26 heavy (non-hydrogen) atoms. The molecule has 0 unspecified atom stereocenters. The van der Waals surface area contributed by atoms with Gasteiger partial charge in [-0.3, -0.25) is 9.59 Å². The van der Waals surface area contributed by atoms with Crippen LogP contribution >= 0.6 is 15.9 Å². The average molecular weight is 411 g/mol. The molecule has 0 spiro atoms. The summed E-state index contributed by atoms with van der Waals surface area (Å²) in [6.45, 7) is 4.30. The Bertz CT molecular complexity index is 1010. The van der Waals surface area contributed by atoms with Crippen LogP contribution in [0.3, 0.4) is 0 Å². The highest BCUT2D eigenvalue weighted by Crippen LogP contribution is 2.17. The summed E-state index contributed by atoms with van der Waals surface area (Å²) in [5.74, 6) is -0.396. The molecule has 2 aromatic carbocycles. The van der Waals surface area contributed by atoms with E-state index in [-0.39, 0.29) is 11.0 Å². The van der Waals surface area contributed by atoms with Crippen molar-refractivity contribution in [1.29, 1.82) is 0 Å². The number of nitrogens with one attached hydrogen (secondary N) is 1. The van der Waals surface area contributed by atoms with Crippen LogP contribution in [0.4, 0.5) is 5.69 Å². The van der Waals surface area contributed by atoms with E-state index in [1.807, 2.05) is 60.9 Å². The predicted octanol–water partition coefficient (Wildman–Crippen LogP) is 4.53. The van der Waals surface area contributed by atoms with Crippen molar-refractivity contribution in [2.45, 2.75) is 20.4 Å². The first-order valence-electron chi connectivity index (χ1n) is 8.27. The monoisotopic (exact) mass is 410 g/mol. The summed E-state index contributed by atoms with van der Waals surface area (Å²) in [6, 6.07) is 18.8. The Labute approximate surface area is 160 Å². The number of pyridine rings is 1. The second kappa shape index (κ2) is 7.70. The minimum atomic E-state index is -0.396. The van der Waals surface area contributed by atoms with Crippen LogP contribution in [0.25, 0.3) is 0 Å². The van der Waals surface area contributed by atoms with Crippen molar-refractivity contribution < 1.29 is 4.79 Å². The van der Waals surface area contributed by atoms with Gasteiger partial charge in [0.15, 0.2) is 5.43 Å². The van der Waals surface area contributed by atoms with Gasteiger partial charge in [-0.15, -0.1) is 0 Å². The lowest BCUT2D eigenvalue weighted by molar-refractivity contribution is 0.102. The molecular weight excluding hydrogens is 392 g/mol. The molecule has 5 heteroatoms. The first-order chi connectivity index (χ1) is 12.5. The van der Waals surface area contributed by atoms with Gasteiger partial charge in [0.1, 0.15) is 5.56 Å². The molecule has 0 aliphatic heterocycles. The van der Waals surface area contributed by atoms with Gasteiger partial charge >= 0.3 is 0 Å². The van der Waals surface area contributed by atoms with E-state index in [2.05, 4.69) is 21.2 Å². The summed E-state index contributed by atoms with van der Waals surface area (Å²) in [5, 5.41) is 2.81. The smallest absolute Gasteiger partial charge is 0.261 e. The van der Waals surface area contributed by atoms with Gasteiger partial charge in [0.05, 0.1) is 0 Å². The van der Waals surface area contributed by atoms with Crippen molar-refractivity contribution in [1.82, 2.24) is 4.57 Å². The fraction of sp³-hybridized carbons (Fsp3) is 0.143. The highest BCUT2D eigenvalue weighted by Gasteiger charge is 2.18. The molecule has 0 saturated heterocycles. The Hall–Kier alpha value is -2.66. The van der Waals surface area contributed by atoms with E-state index in [9.17, 15) is 9.59 Å². The second-order valence-electron chi connectivity index (χ2n) is 6.15. The molecule has 3 rings (SSSR count). The Balaban J connectivity index is 1.97. The largest absolute Gasteiger partial charge is 0.344 e. The summed E-state index contributed by atoms with van der Waals surface area (Å²) in [5.41, 5.74) is 3.14. The quantitative estimate of drug-likeness (QED) is 0.686. The normalized spacial score (nSPS) is 10.6. The lowest BCUT2D eigenvalue weighted by Crippen LogP contribution is -2.27. The average Bonchev–Trinajstić information content (AvgIpc) is 2.59. The molecule has 1 N–H and O–H groups in total. The maximum absolute atomic E-state index is 12.7. The van der Waals surface area contributed by atoms with E-state index in [1.54, 1.807) is 12.1 Å². The van der Waals surface area contributed by atoms with E-state index in [0.717, 1.165) is 15.7 Å². The van der Waals surface area contributed by atoms with Crippen molar-refractivity contribution in [3.05, 3.63) is 97.9 Å². The third kappa shape index (κ3) is 3.94. The van der Waals surface area contributed by atoms with Crippen LogP contribution < -0.4 is 10.7 Å². The molecule has 0 bridgehead atoms. The summed E-state index contributed by atoms with van der Waals surface area (Å²) in [4.78, 5) is 25.2. The number of hydrogen-bond donors (Lipinski definition) is 1. The van der Waals surface area contributed by atoms with Crippen molar-refractivity contribution >= 4 is 27.5 Å². The van der Waals surface area contributed by atoms with Gasteiger partial charge in [0, 0.05) is 34.2 Å². The minimum Gasteiger partial charge on any atom is -0.344 e. The summed E-state index contributed by atoms with van der Waals surface area (Å²) >= 11 is 3.38. The van der Waals surface area contributed by atoms with Gasteiger partial charge in [-0.2, -0.15) is 0 Å². The summed E-state index contributed by atoms with van der Waals surface area (Å²) < 4.78 is 2.85. The number of rotatable bonds is 4. The molecule has 0 saturated carbocycles. The van der Waals surface area contributed by atoms with E-state index in [0.29, 0.717) is 17.9 Å². The number of benzene rings is 2. The number of amides is 1. The molecule has 0 fully saturated rings. The lowest BCUT2D eigenvalue weighted by atomic mass is 10.1. The Kier molecular flexibility index (Phi) is 5.38. The van der Waals surface area contributed by atoms with E-state index >= 15 is 0 Å². The van der Waals surface area contributed by atoms with Crippen molar-refractivity contribution in [2.75, 3.05) is 5.32 Å². The molecule has 0 aliphatic carbocycles. The van der Waals surface area contributed by atoms with Crippen molar-refractivity contribution in [3.8, 4) is 0 Å². The molecular formula is C21H19BrN2O2.